The fourth-order valence-corrected chi connectivity index (χ4v) is 1.66. The lowest BCUT2D eigenvalue weighted by molar-refractivity contribution is -0.274. The maximum absolute atomic E-state index is 12.1. The molecule has 4 nitrogen and oxygen atoms in total. The monoisotopic (exact) mass is 273 g/mol. The zero-order valence-corrected chi connectivity index (χ0v) is 10.1. The van der Waals surface area contributed by atoms with Gasteiger partial charge < -0.3 is 15.8 Å². The minimum absolute atomic E-state index is 0.203. The van der Waals surface area contributed by atoms with Crippen LogP contribution in [0.2, 0.25) is 0 Å². The van der Waals surface area contributed by atoms with Crippen molar-refractivity contribution in [3.05, 3.63) is 24.3 Å². The number of nitrogens with one attached hydrogen (secondary N) is 1. The first-order chi connectivity index (χ1) is 8.92. The van der Waals surface area contributed by atoms with Gasteiger partial charge in [0.15, 0.2) is 5.96 Å². The highest BCUT2D eigenvalue weighted by atomic mass is 19.4. The first-order valence-electron chi connectivity index (χ1n) is 5.88. The molecule has 1 aliphatic carbocycles. The molecule has 0 spiro atoms. The number of benzene rings is 1. The second kappa shape index (κ2) is 5.38. The van der Waals surface area contributed by atoms with Gasteiger partial charge in [0.05, 0.1) is 6.04 Å². The van der Waals surface area contributed by atoms with E-state index in [2.05, 4.69) is 15.0 Å². The third-order valence-electron chi connectivity index (χ3n) is 2.74. The Bertz CT molecular complexity index is 470. The third kappa shape index (κ3) is 4.35. The molecule has 7 heteroatoms. The summed E-state index contributed by atoms with van der Waals surface area (Å²) in [5, 5.41) is 2.75. The van der Waals surface area contributed by atoms with Gasteiger partial charge in [-0.2, -0.15) is 0 Å². The molecule has 0 heterocycles. The van der Waals surface area contributed by atoms with E-state index in [0.717, 1.165) is 19.3 Å². The van der Waals surface area contributed by atoms with E-state index in [1.807, 2.05) is 0 Å². The number of hydrogen-bond donors (Lipinski definition) is 2. The lowest BCUT2D eigenvalue weighted by Crippen LogP contribution is -2.27. The molecule has 0 radical (unpaired) electrons. The first-order valence-corrected chi connectivity index (χ1v) is 5.88. The van der Waals surface area contributed by atoms with Crippen LogP contribution >= 0.6 is 0 Å². The zero-order valence-electron chi connectivity index (χ0n) is 10.1. The quantitative estimate of drug-likeness (QED) is 0.657. The number of anilines is 1. The summed E-state index contributed by atoms with van der Waals surface area (Å²) in [4.78, 5) is 4.20. The molecule has 0 aliphatic heterocycles. The highest BCUT2D eigenvalue weighted by molar-refractivity contribution is 5.92. The van der Waals surface area contributed by atoms with Crippen molar-refractivity contribution in [1.29, 1.82) is 0 Å². The number of nitrogens with two attached hydrogens (primary N) is 1. The molecule has 1 saturated carbocycles. The number of halogens is 3. The van der Waals surface area contributed by atoms with Gasteiger partial charge in [-0.15, -0.1) is 13.2 Å². The number of nitrogens with zero attached hydrogens (tertiary/aromatic N) is 1. The highest BCUT2D eigenvalue weighted by Gasteiger charge is 2.31. The molecule has 0 bridgehead atoms. The van der Waals surface area contributed by atoms with E-state index in [9.17, 15) is 13.2 Å². The summed E-state index contributed by atoms with van der Waals surface area (Å²) in [5.74, 6) is -0.0946. The van der Waals surface area contributed by atoms with Crippen molar-refractivity contribution in [3.63, 3.8) is 0 Å². The van der Waals surface area contributed by atoms with Gasteiger partial charge in [0.2, 0.25) is 0 Å². The Kier molecular flexibility index (Phi) is 3.82. The van der Waals surface area contributed by atoms with Crippen LogP contribution < -0.4 is 15.8 Å². The predicted molar refractivity (Wildman–Crippen MR) is 66.0 cm³/mol. The molecule has 104 valence electrons. The zero-order chi connectivity index (χ0) is 13.9. The molecule has 0 aromatic heterocycles. The molecule has 19 heavy (non-hydrogen) atoms. The largest absolute Gasteiger partial charge is 0.573 e. The summed E-state index contributed by atoms with van der Waals surface area (Å²) in [6.45, 7) is 0. The number of alkyl halides is 3. The summed E-state index contributed by atoms with van der Waals surface area (Å²) < 4.78 is 40.0. The van der Waals surface area contributed by atoms with Crippen LogP contribution in [-0.2, 0) is 0 Å². The van der Waals surface area contributed by atoms with E-state index in [-0.39, 0.29) is 17.8 Å². The minimum Gasteiger partial charge on any atom is -0.406 e. The van der Waals surface area contributed by atoms with Gasteiger partial charge >= 0.3 is 6.36 Å². The van der Waals surface area contributed by atoms with E-state index in [0.29, 0.717) is 5.69 Å². The molecule has 3 N–H and O–H groups in total. The van der Waals surface area contributed by atoms with Crippen LogP contribution in [0, 0.1) is 0 Å². The molecule has 0 saturated heterocycles. The molecule has 1 aliphatic rings. The maximum Gasteiger partial charge on any atom is 0.573 e. The second-order valence-electron chi connectivity index (χ2n) is 4.30. The van der Waals surface area contributed by atoms with Gasteiger partial charge in [0.25, 0.3) is 0 Å². The smallest absolute Gasteiger partial charge is 0.406 e. The summed E-state index contributed by atoms with van der Waals surface area (Å²) in [5.41, 5.74) is 6.07. The van der Waals surface area contributed by atoms with Crippen molar-refractivity contribution in [2.24, 2.45) is 10.7 Å². The van der Waals surface area contributed by atoms with Crippen molar-refractivity contribution in [1.82, 2.24) is 0 Å². The van der Waals surface area contributed by atoms with Crippen molar-refractivity contribution >= 4 is 11.6 Å². The Hall–Kier alpha value is -1.92. The molecule has 0 amide bonds. The van der Waals surface area contributed by atoms with E-state index >= 15 is 0 Å². The molecular formula is C12H14F3N3O. The van der Waals surface area contributed by atoms with Crippen LogP contribution in [0.5, 0.6) is 5.75 Å². The van der Waals surface area contributed by atoms with Crippen molar-refractivity contribution < 1.29 is 17.9 Å². The second-order valence-corrected chi connectivity index (χ2v) is 4.30. The standard InChI is InChI=1S/C12H14F3N3O/c13-12(14,15)19-10-6-2-5-9(7-10)18-11(16)17-8-3-1-4-8/h2,5-8H,1,3-4H2,(H3,16,17,18). The number of hydrogen-bond acceptors (Lipinski definition) is 2. The predicted octanol–water partition coefficient (Wildman–Crippen LogP) is 2.86. The van der Waals surface area contributed by atoms with E-state index in [1.165, 1.54) is 18.2 Å². The summed E-state index contributed by atoms with van der Waals surface area (Å²) in [6.07, 6.45) is -1.57. The Balaban J connectivity index is 2.00. The number of guanidine groups is 1. The van der Waals surface area contributed by atoms with Gasteiger partial charge in [-0.3, -0.25) is 0 Å². The molecule has 0 unspecified atom stereocenters. The van der Waals surface area contributed by atoms with Gasteiger partial charge in [0.1, 0.15) is 5.75 Å². The number of rotatable bonds is 3. The summed E-state index contributed by atoms with van der Waals surface area (Å²) in [7, 11) is 0. The Morgan fingerprint density at radius 2 is 2.11 bits per heavy atom. The Morgan fingerprint density at radius 1 is 1.37 bits per heavy atom. The normalized spacial score (nSPS) is 16.9. The third-order valence-corrected chi connectivity index (χ3v) is 2.74. The molecule has 1 fully saturated rings. The SMILES string of the molecule is NC(=NC1CCC1)Nc1cccc(OC(F)(F)F)c1. The molecular weight excluding hydrogens is 259 g/mol. The Labute approximate surface area is 108 Å². The van der Waals surface area contributed by atoms with Crippen LogP contribution in [0.4, 0.5) is 18.9 Å². The lowest BCUT2D eigenvalue weighted by atomic mass is 9.94. The van der Waals surface area contributed by atoms with Crippen LogP contribution in [0.25, 0.3) is 0 Å². The fraction of sp³-hybridized carbons (Fsp3) is 0.417. The van der Waals surface area contributed by atoms with Crippen molar-refractivity contribution in [2.75, 3.05) is 5.32 Å². The minimum atomic E-state index is -4.70. The van der Waals surface area contributed by atoms with Crippen molar-refractivity contribution in [2.45, 2.75) is 31.7 Å². The van der Waals surface area contributed by atoms with Crippen LogP contribution in [0.3, 0.4) is 0 Å². The van der Waals surface area contributed by atoms with Crippen LogP contribution in [-0.4, -0.2) is 18.4 Å². The van der Waals surface area contributed by atoms with Crippen molar-refractivity contribution in [3.8, 4) is 5.75 Å². The van der Waals surface area contributed by atoms with Gasteiger partial charge in [-0.05, 0) is 31.4 Å². The molecule has 1 aromatic carbocycles. The van der Waals surface area contributed by atoms with Crippen LogP contribution in [0.1, 0.15) is 19.3 Å². The molecule has 2 rings (SSSR count). The summed E-state index contributed by atoms with van der Waals surface area (Å²) >= 11 is 0. The first kappa shape index (κ1) is 13.5. The van der Waals surface area contributed by atoms with Gasteiger partial charge in [-0.1, -0.05) is 6.07 Å². The molecule has 0 atom stereocenters. The van der Waals surface area contributed by atoms with E-state index in [1.54, 1.807) is 6.07 Å². The lowest BCUT2D eigenvalue weighted by Gasteiger charge is -2.21. The Morgan fingerprint density at radius 3 is 2.68 bits per heavy atom. The molecule has 1 aromatic rings. The summed E-state index contributed by atoms with van der Waals surface area (Å²) in [6, 6.07) is 5.70. The van der Waals surface area contributed by atoms with Gasteiger partial charge in [-0.25, -0.2) is 4.99 Å². The number of ether oxygens (including phenoxy) is 1. The van der Waals surface area contributed by atoms with Gasteiger partial charge in [0, 0.05) is 11.8 Å². The van der Waals surface area contributed by atoms with Crippen LogP contribution in [0.15, 0.2) is 29.3 Å². The maximum atomic E-state index is 12.1. The average Bonchev–Trinajstić information content (AvgIpc) is 2.21. The topological polar surface area (TPSA) is 59.6 Å². The number of aliphatic imine (C=N–C) groups is 1. The fourth-order valence-electron chi connectivity index (χ4n) is 1.66. The average molecular weight is 273 g/mol. The van der Waals surface area contributed by atoms with E-state index < -0.39 is 6.36 Å². The highest BCUT2D eigenvalue weighted by Crippen LogP contribution is 2.25. The van der Waals surface area contributed by atoms with E-state index in [4.69, 9.17) is 5.73 Å².